The second-order valence-corrected chi connectivity index (χ2v) is 22.1. The number of fused-ring (bicyclic) bond motifs is 23. The molecule has 80 heavy (non-hydrogen) atoms. The minimum absolute atomic E-state index is 0.477. The number of hydrogen-bond donors (Lipinski definition) is 0. The van der Waals surface area contributed by atoms with Crippen molar-refractivity contribution >= 4 is 49.6 Å². The Hall–Kier alpha value is -10.3. The van der Waals surface area contributed by atoms with Crippen molar-refractivity contribution in [2.45, 2.75) is 10.8 Å². The van der Waals surface area contributed by atoms with Crippen LogP contribution in [0.25, 0.3) is 93.9 Å². The molecule has 0 saturated carbocycles. The Balaban J connectivity index is 0.874. The highest BCUT2D eigenvalue weighted by atomic mass is 15.1. The monoisotopic (exact) mass is 1010 g/mol. The minimum atomic E-state index is -0.553. The molecule has 2 heteroatoms. The Kier molecular flexibility index (Phi) is 8.83. The van der Waals surface area contributed by atoms with Crippen LogP contribution in [0.2, 0.25) is 0 Å². The van der Waals surface area contributed by atoms with Gasteiger partial charge in [0, 0.05) is 27.4 Å². The van der Waals surface area contributed by atoms with Gasteiger partial charge in [0.15, 0.2) is 0 Å². The molecule has 0 bridgehead atoms. The van der Waals surface area contributed by atoms with Crippen molar-refractivity contribution < 1.29 is 0 Å². The summed E-state index contributed by atoms with van der Waals surface area (Å²) in [7, 11) is 0. The Labute approximate surface area is 464 Å². The lowest BCUT2D eigenvalue weighted by Crippen LogP contribution is -2.33. The van der Waals surface area contributed by atoms with Gasteiger partial charge in [-0.15, -0.1) is 0 Å². The molecule has 2 nitrogen and oxygen atoms in total. The lowest BCUT2D eigenvalue weighted by molar-refractivity contribution is 0.749. The van der Waals surface area contributed by atoms with E-state index in [4.69, 9.17) is 0 Å². The zero-order valence-corrected chi connectivity index (χ0v) is 43.6. The van der Waals surface area contributed by atoms with Crippen LogP contribution in [0.1, 0.15) is 44.5 Å². The molecule has 1 aromatic heterocycles. The van der Waals surface area contributed by atoms with Gasteiger partial charge >= 0.3 is 0 Å². The summed E-state index contributed by atoms with van der Waals surface area (Å²) in [5.74, 6) is 0. The Morgan fingerprint density at radius 1 is 0.263 bits per heavy atom. The zero-order valence-electron chi connectivity index (χ0n) is 43.6. The van der Waals surface area contributed by atoms with Crippen LogP contribution in [0.5, 0.6) is 0 Å². The van der Waals surface area contributed by atoms with E-state index in [9.17, 15) is 0 Å². The van der Waals surface area contributed by atoms with Crippen molar-refractivity contribution in [2.75, 3.05) is 4.90 Å². The Morgan fingerprint density at radius 2 is 0.750 bits per heavy atom. The number of benzene rings is 13. The van der Waals surface area contributed by atoms with Gasteiger partial charge in [-0.05, 0) is 142 Å². The smallest absolute Gasteiger partial charge is 0.0754 e. The minimum Gasteiger partial charge on any atom is -0.309 e. The van der Waals surface area contributed by atoms with E-state index in [0.717, 1.165) is 17.1 Å². The number of nitrogens with zero attached hydrogens (tertiary/aromatic N) is 2. The highest BCUT2D eigenvalue weighted by molar-refractivity contribution is 6.14. The van der Waals surface area contributed by atoms with E-state index in [1.54, 1.807) is 0 Å². The fourth-order valence-electron chi connectivity index (χ4n) is 15.6. The van der Waals surface area contributed by atoms with Crippen LogP contribution in [0.3, 0.4) is 0 Å². The second kappa shape index (κ2) is 16.1. The fraction of sp³-hybridized carbons (Fsp3) is 0.0256. The standard InChI is InChI=1S/C78H48N2/c1-2-20-49(21-3-1)50-40-43-52(44-41-50)79(74-39-19-35-68-75(74)62-28-9-14-33-66(62)77(68)63-30-11-6-23-55(63)56-24-7-12-31-64(56)77)72-47-46-53(54-22-4-5-26-59(54)72)51-42-45-58-57-25-8-13-32-65(57)78(70(58)48-51)67-34-15-17-38-73(67)80-71-37-16-10-27-60(71)61-29-18-36-69(78)76(61)80/h1-48H. The zero-order chi connectivity index (χ0) is 52.3. The van der Waals surface area contributed by atoms with E-state index in [1.165, 1.54) is 138 Å². The molecule has 3 aliphatic carbocycles. The molecule has 14 aromatic rings. The van der Waals surface area contributed by atoms with Crippen LogP contribution in [0.4, 0.5) is 17.1 Å². The highest BCUT2D eigenvalue weighted by Crippen LogP contribution is 2.66. The summed E-state index contributed by atoms with van der Waals surface area (Å²) < 4.78 is 2.53. The molecule has 0 radical (unpaired) electrons. The molecule has 4 aliphatic rings. The number of aromatic nitrogens is 1. The van der Waals surface area contributed by atoms with E-state index >= 15 is 0 Å². The second-order valence-electron chi connectivity index (χ2n) is 22.1. The average Bonchev–Trinajstić information content (AvgIpc) is 3.74. The van der Waals surface area contributed by atoms with Gasteiger partial charge in [0.1, 0.15) is 0 Å². The number of anilines is 3. The molecule has 2 spiro atoms. The predicted molar refractivity (Wildman–Crippen MR) is 331 cm³/mol. The fourth-order valence-corrected chi connectivity index (χ4v) is 15.6. The van der Waals surface area contributed by atoms with Gasteiger partial charge in [-0.3, -0.25) is 0 Å². The number of rotatable bonds is 5. The van der Waals surface area contributed by atoms with E-state index in [2.05, 4.69) is 301 Å². The van der Waals surface area contributed by atoms with Crippen molar-refractivity contribution in [3.8, 4) is 61.3 Å². The first kappa shape index (κ1) is 43.8. The molecule has 0 fully saturated rings. The van der Waals surface area contributed by atoms with Crippen LogP contribution < -0.4 is 4.90 Å². The van der Waals surface area contributed by atoms with Gasteiger partial charge in [0.25, 0.3) is 0 Å². The number of hydrogen-bond acceptors (Lipinski definition) is 1. The van der Waals surface area contributed by atoms with Gasteiger partial charge in [0.2, 0.25) is 0 Å². The summed E-state index contributed by atoms with van der Waals surface area (Å²) in [5.41, 5.74) is 29.2. The van der Waals surface area contributed by atoms with Crippen molar-refractivity contribution in [2.24, 2.45) is 0 Å². The normalized spacial score (nSPS) is 15.2. The van der Waals surface area contributed by atoms with Crippen molar-refractivity contribution in [1.82, 2.24) is 4.57 Å². The van der Waals surface area contributed by atoms with E-state index in [1.807, 2.05) is 0 Å². The topological polar surface area (TPSA) is 8.17 Å². The highest BCUT2D eigenvalue weighted by Gasteiger charge is 2.53. The molecule has 370 valence electrons. The predicted octanol–water partition coefficient (Wildman–Crippen LogP) is 19.8. The van der Waals surface area contributed by atoms with Crippen molar-refractivity contribution in [3.05, 3.63) is 336 Å². The summed E-state index contributed by atoms with van der Waals surface area (Å²) >= 11 is 0. The maximum Gasteiger partial charge on any atom is 0.0754 e. The molecule has 0 amide bonds. The van der Waals surface area contributed by atoms with Crippen LogP contribution in [0.15, 0.2) is 291 Å². The van der Waals surface area contributed by atoms with Gasteiger partial charge in [-0.2, -0.15) is 0 Å². The van der Waals surface area contributed by atoms with Gasteiger partial charge in [-0.1, -0.05) is 249 Å². The maximum absolute atomic E-state index is 2.55. The van der Waals surface area contributed by atoms with Gasteiger partial charge in [0.05, 0.1) is 38.9 Å². The first-order valence-corrected chi connectivity index (χ1v) is 28.0. The largest absolute Gasteiger partial charge is 0.309 e. The third-order valence-corrected chi connectivity index (χ3v) is 18.6. The molecule has 0 saturated heterocycles. The summed E-state index contributed by atoms with van der Waals surface area (Å²) in [4.78, 5) is 2.55. The first-order valence-electron chi connectivity index (χ1n) is 28.0. The summed E-state index contributed by atoms with van der Waals surface area (Å²) in [6.45, 7) is 0. The third kappa shape index (κ3) is 5.47. The molecule has 13 aromatic carbocycles. The molecule has 2 heterocycles. The van der Waals surface area contributed by atoms with Crippen LogP contribution in [0, 0.1) is 0 Å². The Bertz CT molecular complexity index is 4920. The van der Waals surface area contributed by atoms with Crippen molar-refractivity contribution in [1.29, 1.82) is 0 Å². The molecule has 18 rings (SSSR count). The SMILES string of the molecule is c1ccc(-c2ccc(N(c3cccc4c3-c3ccccc3C43c4ccccc4-c4ccccc43)c3ccc(-c4ccc5c(c4)C4(c6ccccc6-5)c5ccccc5-n5c6ccccc6c6cccc4c65)c4ccccc34)cc2)cc1. The summed E-state index contributed by atoms with van der Waals surface area (Å²) in [6.07, 6.45) is 0. The van der Waals surface area contributed by atoms with Crippen LogP contribution >= 0.6 is 0 Å². The van der Waals surface area contributed by atoms with Gasteiger partial charge in [-0.25, -0.2) is 0 Å². The molecule has 1 aliphatic heterocycles. The molecule has 0 N–H and O–H groups in total. The van der Waals surface area contributed by atoms with E-state index < -0.39 is 10.8 Å². The lowest BCUT2D eigenvalue weighted by Gasteiger charge is -2.39. The molecular formula is C78H48N2. The molecule has 1 atom stereocenters. The lowest BCUT2D eigenvalue weighted by atomic mass is 9.65. The van der Waals surface area contributed by atoms with E-state index in [-0.39, 0.29) is 0 Å². The summed E-state index contributed by atoms with van der Waals surface area (Å²) in [6, 6.07) is 110. The van der Waals surface area contributed by atoms with Crippen LogP contribution in [-0.2, 0) is 10.8 Å². The average molecular weight is 1010 g/mol. The third-order valence-electron chi connectivity index (χ3n) is 18.6. The van der Waals surface area contributed by atoms with Gasteiger partial charge < -0.3 is 9.47 Å². The summed E-state index contributed by atoms with van der Waals surface area (Å²) in [5, 5.41) is 4.95. The first-order chi connectivity index (χ1) is 39.7. The molecule has 1 unspecified atom stereocenters. The maximum atomic E-state index is 2.55. The van der Waals surface area contributed by atoms with Crippen molar-refractivity contribution in [3.63, 3.8) is 0 Å². The Morgan fingerprint density at radius 3 is 1.48 bits per heavy atom. The molecular weight excluding hydrogens is 965 g/mol. The van der Waals surface area contributed by atoms with E-state index in [0.29, 0.717) is 0 Å². The number of para-hydroxylation sites is 3. The van der Waals surface area contributed by atoms with Crippen LogP contribution in [-0.4, -0.2) is 4.57 Å². The quantitative estimate of drug-likeness (QED) is 0.167.